The number of nitrogens with zero attached hydrogens (tertiary/aromatic N) is 1. The SMILES string of the molecule is C=C1CS[C@]2(C)N(C(=O)[C@]2(C)N)C1C(=O)O. The van der Waals surface area contributed by atoms with Gasteiger partial charge in [0.25, 0.3) is 0 Å². The van der Waals surface area contributed by atoms with Crippen molar-refractivity contribution in [1.29, 1.82) is 0 Å². The molecule has 16 heavy (non-hydrogen) atoms. The summed E-state index contributed by atoms with van der Waals surface area (Å²) < 4.78 is 0. The first-order chi connectivity index (χ1) is 7.23. The quantitative estimate of drug-likeness (QED) is 0.500. The van der Waals surface area contributed by atoms with E-state index in [1.165, 1.54) is 16.7 Å². The van der Waals surface area contributed by atoms with Gasteiger partial charge in [0.2, 0.25) is 5.91 Å². The van der Waals surface area contributed by atoms with Crippen molar-refractivity contribution in [2.45, 2.75) is 30.3 Å². The van der Waals surface area contributed by atoms with Crippen molar-refractivity contribution in [3.05, 3.63) is 12.2 Å². The summed E-state index contributed by atoms with van der Waals surface area (Å²) in [5.41, 5.74) is 5.47. The van der Waals surface area contributed by atoms with Crippen LogP contribution in [-0.4, -0.2) is 44.1 Å². The van der Waals surface area contributed by atoms with Crippen LogP contribution in [-0.2, 0) is 9.59 Å². The lowest BCUT2D eigenvalue weighted by atomic mass is 9.79. The van der Waals surface area contributed by atoms with Crippen molar-refractivity contribution < 1.29 is 14.7 Å². The molecule has 2 fully saturated rings. The molecule has 1 amide bonds. The number of hydrogen-bond donors (Lipinski definition) is 2. The van der Waals surface area contributed by atoms with E-state index in [9.17, 15) is 9.59 Å². The van der Waals surface area contributed by atoms with Gasteiger partial charge in [0, 0.05) is 5.75 Å². The van der Waals surface area contributed by atoms with Crippen molar-refractivity contribution in [3.63, 3.8) is 0 Å². The summed E-state index contributed by atoms with van der Waals surface area (Å²) in [4.78, 5) is 23.7. The van der Waals surface area contributed by atoms with Crippen LogP contribution < -0.4 is 5.73 Å². The van der Waals surface area contributed by atoms with Gasteiger partial charge in [-0.05, 0) is 19.4 Å². The lowest BCUT2D eigenvalue weighted by Gasteiger charge is -2.64. The molecular formula is C10H14N2O3S. The number of carbonyl (C=O) groups excluding carboxylic acids is 1. The maximum Gasteiger partial charge on any atom is 0.330 e. The van der Waals surface area contributed by atoms with E-state index in [1.54, 1.807) is 13.8 Å². The minimum Gasteiger partial charge on any atom is -0.479 e. The molecular weight excluding hydrogens is 228 g/mol. The monoisotopic (exact) mass is 242 g/mol. The van der Waals surface area contributed by atoms with Gasteiger partial charge >= 0.3 is 5.97 Å². The molecule has 5 nitrogen and oxygen atoms in total. The van der Waals surface area contributed by atoms with E-state index in [0.29, 0.717) is 11.3 Å². The predicted octanol–water partition coefficient (Wildman–Crippen LogP) is 0.0184. The second kappa shape index (κ2) is 3.01. The van der Waals surface area contributed by atoms with Crippen LogP contribution in [0.1, 0.15) is 13.8 Å². The van der Waals surface area contributed by atoms with Crippen LogP contribution >= 0.6 is 11.8 Å². The third-order valence-corrected chi connectivity index (χ3v) is 5.20. The van der Waals surface area contributed by atoms with E-state index in [2.05, 4.69) is 6.58 Å². The van der Waals surface area contributed by atoms with Crippen molar-refractivity contribution in [2.75, 3.05) is 5.75 Å². The zero-order chi connectivity index (χ0) is 12.3. The predicted molar refractivity (Wildman–Crippen MR) is 60.9 cm³/mol. The third-order valence-electron chi connectivity index (χ3n) is 3.50. The van der Waals surface area contributed by atoms with Gasteiger partial charge in [-0.2, -0.15) is 0 Å². The molecule has 0 aromatic carbocycles. The first kappa shape index (κ1) is 11.5. The maximum atomic E-state index is 11.9. The summed E-state index contributed by atoms with van der Waals surface area (Å²) in [7, 11) is 0. The molecule has 2 aliphatic rings. The van der Waals surface area contributed by atoms with Gasteiger partial charge in [-0.3, -0.25) is 4.79 Å². The number of β-lactam (4-membered cyclic amide) rings is 1. The minimum atomic E-state index is -1.04. The number of aliphatic carboxylic acids is 1. The first-order valence-electron chi connectivity index (χ1n) is 4.90. The smallest absolute Gasteiger partial charge is 0.330 e. The molecule has 0 bridgehead atoms. The van der Waals surface area contributed by atoms with Crippen LogP contribution in [0, 0.1) is 0 Å². The lowest BCUT2D eigenvalue weighted by Crippen LogP contribution is -2.86. The summed E-state index contributed by atoms with van der Waals surface area (Å²) in [6.45, 7) is 7.16. The van der Waals surface area contributed by atoms with Gasteiger partial charge in [-0.1, -0.05) is 6.58 Å². The number of hydrogen-bond acceptors (Lipinski definition) is 4. The highest BCUT2D eigenvalue weighted by Gasteiger charge is 2.69. The molecule has 2 rings (SSSR count). The van der Waals surface area contributed by atoms with Gasteiger partial charge in [0.1, 0.15) is 10.4 Å². The van der Waals surface area contributed by atoms with Crippen LogP contribution in [0.2, 0.25) is 0 Å². The number of thioether (sulfide) groups is 1. The lowest BCUT2D eigenvalue weighted by molar-refractivity contribution is -0.172. The molecule has 3 atom stereocenters. The molecule has 6 heteroatoms. The van der Waals surface area contributed by atoms with Gasteiger partial charge in [-0.15, -0.1) is 11.8 Å². The standard InChI is InChI=1S/C10H14N2O3S/c1-5-4-16-10(3)9(2,11)8(15)12(10)6(5)7(13)14/h6H,1,4,11H2,2-3H3,(H,13,14)/t6?,9-,10-/m0/s1. The topological polar surface area (TPSA) is 83.6 Å². The Bertz CT molecular complexity index is 407. The van der Waals surface area contributed by atoms with E-state index in [4.69, 9.17) is 10.8 Å². The van der Waals surface area contributed by atoms with E-state index in [1.807, 2.05) is 0 Å². The van der Waals surface area contributed by atoms with Gasteiger partial charge in [0.15, 0.2) is 6.04 Å². The first-order valence-corrected chi connectivity index (χ1v) is 5.89. The van der Waals surface area contributed by atoms with Crippen molar-refractivity contribution in [2.24, 2.45) is 5.73 Å². The Hall–Kier alpha value is -1.01. The maximum absolute atomic E-state index is 11.9. The number of carboxylic acids is 1. The molecule has 88 valence electrons. The Labute approximate surface area is 97.7 Å². The summed E-state index contributed by atoms with van der Waals surface area (Å²) in [5, 5.41) is 9.13. The number of carbonyl (C=O) groups is 2. The molecule has 1 unspecified atom stereocenters. The normalized spacial score (nSPS) is 42.7. The van der Waals surface area contributed by atoms with Gasteiger partial charge in [0.05, 0.1) is 0 Å². The van der Waals surface area contributed by atoms with Crippen LogP contribution in [0.3, 0.4) is 0 Å². The summed E-state index contributed by atoms with van der Waals surface area (Å²) in [5.74, 6) is -0.847. The molecule has 0 aromatic heterocycles. The average Bonchev–Trinajstić information content (AvgIpc) is 2.19. The fraction of sp³-hybridized carbons (Fsp3) is 0.600. The second-order valence-corrected chi connectivity index (χ2v) is 5.92. The number of rotatable bonds is 1. The number of amides is 1. The van der Waals surface area contributed by atoms with Crippen LogP contribution in [0.4, 0.5) is 0 Å². The fourth-order valence-electron chi connectivity index (χ4n) is 2.20. The molecule has 2 aliphatic heterocycles. The van der Waals surface area contributed by atoms with Gasteiger partial charge < -0.3 is 15.7 Å². The van der Waals surface area contributed by atoms with E-state index in [-0.39, 0.29) is 5.91 Å². The van der Waals surface area contributed by atoms with Crippen LogP contribution in [0.25, 0.3) is 0 Å². The number of fused-ring (bicyclic) bond motifs is 1. The Morgan fingerprint density at radius 3 is 2.75 bits per heavy atom. The molecule has 0 spiro atoms. The van der Waals surface area contributed by atoms with E-state index >= 15 is 0 Å². The van der Waals surface area contributed by atoms with E-state index < -0.39 is 22.4 Å². The Morgan fingerprint density at radius 1 is 1.69 bits per heavy atom. The fourth-order valence-corrected chi connectivity index (χ4v) is 3.54. The van der Waals surface area contributed by atoms with E-state index in [0.717, 1.165) is 0 Å². The summed E-state index contributed by atoms with van der Waals surface area (Å²) >= 11 is 1.47. The zero-order valence-corrected chi connectivity index (χ0v) is 10.0. The molecule has 0 aliphatic carbocycles. The Kier molecular flexibility index (Phi) is 2.16. The van der Waals surface area contributed by atoms with Crippen LogP contribution in [0.5, 0.6) is 0 Å². The molecule has 0 aromatic rings. The largest absolute Gasteiger partial charge is 0.479 e. The van der Waals surface area contributed by atoms with Crippen molar-refractivity contribution in [1.82, 2.24) is 4.90 Å². The summed E-state index contributed by atoms with van der Waals surface area (Å²) in [6, 6.07) is -0.935. The second-order valence-electron chi connectivity index (χ2n) is 4.55. The highest BCUT2D eigenvalue weighted by molar-refractivity contribution is 8.01. The molecule has 0 radical (unpaired) electrons. The summed E-state index contributed by atoms with van der Waals surface area (Å²) in [6.07, 6.45) is 0. The van der Waals surface area contributed by atoms with Crippen molar-refractivity contribution >= 4 is 23.6 Å². The van der Waals surface area contributed by atoms with Crippen molar-refractivity contribution in [3.8, 4) is 0 Å². The minimum absolute atomic E-state index is 0.323. The van der Waals surface area contributed by atoms with Gasteiger partial charge in [-0.25, -0.2) is 4.79 Å². The Balaban J connectivity index is 2.42. The molecule has 3 N–H and O–H groups in total. The number of carboxylic acid groups (broad SMARTS) is 1. The molecule has 2 saturated heterocycles. The highest BCUT2D eigenvalue weighted by Crippen LogP contribution is 2.53. The molecule has 2 heterocycles. The highest BCUT2D eigenvalue weighted by atomic mass is 32.2. The zero-order valence-electron chi connectivity index (χ0n) is 9.19. The molecule has 0 saturated carbocycles. The number of nitrogens with two attached hydrogens (primary N) is 1. The van der Waals surface area contributed by atoms with Crippen LogP contribution in [0.15, 0.2) is 12.2 Å². The average molecular weight is 242 g/mol. The third kappa shape index (κ3) is 1.06. The Morgan fingerprint density at radius 2 is 2.25 bits per heavy atom.